The number of benzene rings is 1. The molecule has 0 spiro atoms. The van der Waals surface area contributed by atoms with Crippen molar-refractivity contribution in [3.8, 4) is 0 Å². The molecule has 11 heteroatoms. The van der Waals surface area contributed by atoms with E-state index in [1.807, 2.05) is 45.0 Å². The molecule has 0 fully saturated rings. The second-order valence-electron chi connectivity index (χ2n) is 9.78. The molecule has 0 bridgehead atoms. The molecule has 0 aliphatic heterocycles. The number of furan rings is 1. The number of anilines is 1. The van der Waals surface area contributed by atoms with E-state index in [9.17, 15) is 22.8 Å². The summed E-state index contributed by atoms with van der Waals surface area (Å²) in [6.07, 6.45) is 0.636. The summed E-state index contributed by atoms with van der Waals surface area (Å²) in [6.45, 7) is 10.0. The highest BCUT2D eigenvalue weighted by atomic mass is 19.4. The topological polar surface area (TPSA) is 113 Å². The molecule has 0 radical (unpaired) electrons. The number of carbonyl (C=O) groups is 3. The van der Waals surface area contributed by atoms with Crippen molar-refractivity contribution in [3.63, 3.8) is 0 Å². The molecule has 2 amide bonds. The van der Waals surface area contributed by atoms with Gasteiger partial charge in [-0.2, -0.15) is 13.2 Å². The molecule has 1 unspecified atom stereocenters. The lowest BCUT2D eigenvalue weighted by Gasteiger charge is -2.33. The Bertz CT molecular complexity index is 1220. The van der Waals surface area contributed by atoms with Gasteiger partial charge in [0.05, 0.1) is 6.26 Å². The number of halogens is 3. The Morgan fingerprint density at radius 2 is 1.64 bits per heavy atom. The first kappa shape index (κ1) is 31.1. The van der Waals surface area contributed by atoms with Gasteiger partial charge in [0, 0.05) is 29.2 Å². The van der Waals surface area contributed by atoms with Crippen molar-refractivity contribution in [1.29, 1.82) is 0 Å². The van der Waals surface area contributed by atoms with E-state index in [0.717, 1.165) is 6.42 Å². The molecule has 210 valence electrons. The van der Waals surface area contributed by atoms with E-state index in [-0.39, 0.29) is 11.7 Å². The third-order valence-corrected chi connectivity index (χ3v) is 5.55. The van der Waals surface area contributed by atoms with Crippen LogP contribution in [0.5, 0.6) is 0 Å². The predicted octanol–water partition coefficient (Wildman–Crippen LogP) is 6.12. The first-order chi connectivity index (χ1) is 18.2. The summed E-state index contributed by atoms with van der Waals surface area (Å²) in [5, 5.41) is 10.1. The van der Waals surface area contributed by atoms with Crippen molar-refractivity contribution in [2.45, 2.75) is 64.7 Å². The van der Waals surface area contributed by atoms with Crippen LogP contribution >= 0.6 is 0 Å². The molecule has 2 aromatic heterocycles. The second kappa shape index (κ2) is 13.1. The standard InChI is InChI=1S/C26H31N3O3.C2HF3O2/c1-6-18(2)19-11-13-21(14-12-19)29(25(31)22-10-8-16-32-22)23(20-9-7-15-27-17-20)24(30)28-26(3,4)5;3-2(4,5)1(6)7/h7-18,23H,6H2,1-5H3,(H,28,30);(H,6,7)/t18?,23-;/m1./s1. The van der Waals surface area contributed by atoms with Crippen LogP contribution in [0.1, 0.15) is 74.7 Å². The van der Waals surface area contributed by atoms with Crippen LogP contribution in [-0.2, 0) is 9.59 Å². The summed E-state index contributed by atoms with van der Waals surface area (Å²) >= 11 is 0. The van der Waals surface area contributed by atoms with Crippen LogP contribution in [0.3, 0.4) is 0 Å². The first-order valence-electron chi connectivity index (χ1n) is 12.1. The Hall–Kier alpha value is -4.15. The number of hydrogen-bond donors (Lipinski definition) is 2. The Labute approximate surface area is 224 Å². The van der Waals surface area contributed by atoms with E-state index in [1.165, 1.54) is 16.7 Å². The fraction of sp³-hybridized carbons (Fsp3) is 0.357. The van der Waals surface area contributed by atoms with Crippen molar-refractivity contribution in [2.24, 2.45) is 0 Å². The zero-order chi connectivity index (χ0) is 29.4. The van der Waals surface area contributed by atoms with E-state index in [1.54, 1.807) is 36.7 Å². The van der Waals surface area contributed by atoms with Gasteiger partial charge in [-0.15, -0.1) is 0 Å². The maximum absolute atomic E-state index is 13.6. The van der Waals surface area contributed by atoms with Crippen LogP contribution in [0.4, 0.5) is 18.9 Å². The van der Waals surface area contributed by atoms with Gasteiger partial charge in [-0.25, -0.2) is 4.79 Å². The highest BCUT2D eigenvalue weighted by Crippen LogP contribution is 2.31. The summed E-state index contributed by atoms with van der Waals surface area (Å²) in [4.78, 5) is 41.7. The van der Waals surface area contributed by atoms with Crippen molar-refractivity contribution < 1.29 is 37.1 Å². The maximum Gasteiger partial charge on any atom is 0.490 e. The smallest absolute Gasteiger partial charge is 0.475 e. The van der Waals surface area contributed by atoms with Crippen LogP contribution in [0.15, 0.2) is 71.6 Å². The van der Waals surface area contributed by atoms with Crippen molar-refractivity contribution in [1.82, 2.24) is 10.3 Å². The van der Waals surface area contributed by atoms with Crippen LogP contribution < -0.4 is 10.2 Å². The summed E-state index contributed by atoms with van der Waals surface area (Å²) in [7, 11) is 0. The van der Waals surface area contributed by atoms with Gasteiger partial charge in [0.15, 0.2) is 5.76 Å². The van der Waals surface area contributed by atoms with Crippen LogP contribution in [0.25, 0.3) is 0 Å². The number of hydrogen-bond acceptors (Lipinski definition) is 5. The van der Waals surface area contributed by atoms with Gasteiger partial charge in [0.1, 0.15) is 6.04 Å². The van der Waals surface area contributed by atoms with Gasteiger partial charge < -0.3 is 14.8 Å². The molecular weight excluding hydrogens is 515 g/mol. The third-order valence-electron chi connectivity index (χ3n) is 5.55. The zero-order valence-electron chi connectivity index (χ0n) is 22.3. The Morgan fingerprint density at radius 3 is 2.08 bits per heavy atom. The van der Waals surface area contributed by atoms with Crippen molar-refractivity contribution in [3.05, 3.63) is 84.1 Å². The number of rotatable bonds is 7. The Balaban J connectivity index is 0.000000673. The van der Waals surface area contributed by atoms with Crippen molar-refractivity contribution in [2.75, 3.05) is 4.90 Å². The van der Waals surface area contributed by atoms with Gasteiger partial charge >= 0.3 is 12.1 Å². The lowest BCUT2D eigenvalue weighted by atomic mass is 9.97. The number of nitrogens with one attached hydrogen (secondary N) is 1. The number of carbonyl (C=O) groups excluding carboxylic acids is 2. The fourth-order valence-electron chi connectivity index (χ4n) is 3.50. The Kier molecular flexibility index (Phi) is 10.4. The number of carboxylic acids is 1. The molecule has 0 saturated heterocycles. The van der Waals surface area contributed by atoms with E-state index in [2.05, 4.69) is 24.1 Å². The summed E-state index contributed by atoms with van der Waals surface area (Å²) in [6, 6.07) is 13.7. The van der Waals surface area contributed by atoms with Gasteiger partial charge in [-0.1, -0.05) is 32.0 Å². The summed E-state index contributed by atoms with van der Waals surface area (Å²) in [5.74, 6) is -2.89. The molecule has 2 atom stereocenters. The molecule has 8 nitrogen and oxygen atoms in total. The zero-order valence-corrected chi connectivity index (χ0v) is 22.3. The average Bonchev–Trinajstić information content (AvgIpc) is 3.41. The first-order valence-corrected chi connectivity index (χ1v) is 12.1. The number of aliphatic carboxylic acids is 1. The monoisotopic (exact) mass is 547 g/mol. The molecular formula is C28H32F3N3O5. The second-order valence-corrected chi connectivity index (χ2v) is 9.78. The van der Waals surface area contributed by atoms with E-state index >= 15 is 0 Å². The third kappa shape index (κ3) is 8.98. The minimum Gasteiger partial charge on any atom is -0.475 e. The number of amides is 2. The lowest BCUT2D eigenvalue weighted by Crippen LogP contribution is -2.49. The molecule has 2 N–H and O–H groups in total. The van der Waals surface area contributed by atoms with Crippen molar-refractivity contribution >= 4 is 23.5 Å². The van der Waals surface area contributed by atoms with E-state index in [4.69, 9.17) is 14.3 Å². The summed E-state index contributed by atoms with van der Waals surface area (Å²) in [5.41, 5.74) is 1.92. The largest absolute Gasteiger partial charge is 0.490 e. The molecule has 0 aliphatic rings. The highest BCUT2D eigenvalue weighted by molar-refractivity contribution is 6.08. The molecule has 2 heterocycles. The van der Waals surface area contributed by atoms with Gasteiger partial charge in [0.2, 0.25) is 5.91 Å². The molecule has 3 aromatic rings. The van der Waals surface area contributed by atoms with Gasteiger partial charge in [-0.3, -0.25) is 19.5 Å². The van der Waals surface area contributed by atoms with Crippen LogP contribution in [0.2, 0.25) is 0 Å². The normalized spacial score (nSPS) is 12.9. The number of nitrogens with zero attached hydrogens (tertiary/aromatic N) is 2. The highest BCUT2D eigenvalue weighted by Gasteiger charge is 2.38. The fourth-order valence-corrected chi connectivity index (χ4v) is 3.50. The molecule has 3 rings (SSSR count). The van der Waals surface area contributed by atoms with Crippen LogP contribution in [0, 0.1) is 0 Å². The minimum atomic E-state index is -5.08. The lowest BCUT2D eigenvalue weighted by molar-refractivity contribution is -0.192. The molecule has 0 saturated carbocycles. The molecule has 0 aliphatic carbocycles. The van der Waals surface area contributed by atoms with E-state index in [0.29, 0.717) is 17.2 Å². The minimum absolute atomic E-state index is 0.161. The maximum atomic E-state index is 13.6. The molecule has 39 heavy (non-hydrogen) atoms. The number of alkyl halides is 3. The predicted molar refractivity (Wildman–Crippen MR) is 139 cm³/mol. The average molecular weight is 548 g/mol. The van der Waals surface area contributed by atoms with Gasteiger partial charge in [-0.05, 0) is 69.0 Å². The number of carboxylic acid groups (broad SMARTS) is 1. The number of pyridine rings is 1. The van der Waals surface area contributed by atoms with Crippen LogP contribution in [-0.4, -0.2) is 39.6 Å². The number of aromatic nitrogens is 1. The molecule has 1 aromatic carbocycles. The van der Waals surface area contributed by atoms with Gasteiger partial charge in [0.25, 0.3) is 5.91 Å². The quantitative estimate of drug-likeness (QED) is 0.368. The summed E-state index contributed by atoms with van der Waals surface area (Å²) < 4.78 is 37.1. The van der Waals surface area contributed by atoms with E-state index < -0.39 is 29.6 Å². The Morgan fingerprint density at radius 1 is 1.03 bits per heavy atom. The SMILES string of the molecule is CCC(C)c1ccc(N(C(=O)c2ccco2)[C@@H](C(=O)NC(C)(C)C)c2cccnc2)cc1.O=C(O)C(F)(F)F.